The zero-order valence-electron chi connectivity index (χ0n) is 18.5. The quantitative estimate of drug-likeness (QED) is 0.484. The predicted molar refractivity (Wildman–Crippen MR) is 126 cm³/mol. The van der Waals surface area contributed by atoms with Gasteiger partial charge in [-0.1, -0.05) is 60.7 Å². The number of benzene rings is 2. The summed E-state index contributed by atoms with van der Waals surface area (Å²) in [5.41, 5.74) is 1.83. The van der Waals surface area contributed by atoms with Crippen molar-refractivity contribution in [2.75, 3.05) is 32.7 Å². The van der Waals surface area contributed by atoms with Gasteiger partial charge in [-0.25, -0.2) is 8.42 Å². The van der Waals surface area contributed by atoms with Gasteiger partial charge in [0.25, 0.3) is 0 Å². The summed E-state index contributed by atoms with van der Waals surface area (Å²) in [7, 11) is -3.38. The molecule has 0 N–H and O–H groups in total. The second-order valence-corrected chi connectivity index (χ2v) is 10.2. The fourth-order valence-corrected chi connectivity index (χ4v) is 5.48. The minimum Gasteiger partial charge on any atom is -0.467 e. The molecule has 2 aromatic carbocycles. The zero-order valence-corrected chi connectivity index (χ0v) is 19.4. The van der Waals surface area contributed by atoms with E-state index in [1.807, 2.05) is 77.7 Å². The Morgan fingerprint density at radius 3 is 2.06 bits per heavy atom. The van der Waals surface area contributed by atoms with E-state index < -0.39 is 10.0 Å². The maximum Gasteiger partial charge on any atom is 0.237 e. The Balaban J connectivity index is 1.34. The highest BCUT2D eigenvalue weighted by Crippen LogP contribution is 2.15. The lowest BCUT2D eigenvalue weighted by molar-refractivity contribution is -0.134. The van der Waals surface area contributed by atoms with Gasteiger partial charge in [-0.2, -0.15) is 4.31 Å². The molecule has 1 amide bonds. The third kappa shape index (κ3) is 6.54. The summed E-state index contributed by atoms with van der Waals surface area (Å²) in [4.78, 5) is 17.0. The molecule has 0 radical (unpaired) electrons. The lowest BCUT2D eigenvalue weighted by Crippen LogP contribution is -2.51. The van der Waals surface area contributed by atoms with Crippen molar-refractivity contribution >= 4 is 15.9 Å². The normalized spacial score (nSPS) is 15.4. The van der Waals surface area contributed by atoms with Gasteiger partial charge < -0.3 is 9.32 Å². The molecule has 1 aliphatic rings. The minimum atomic E-state index is -3.38. The summed E-state index contributed by atoms with van der Waals surface area (Å²) >= 11 is 0. The number of carbonyl (C=O) groups excluding carboxylic acids is 1. The number of rotatable bonds is 9. The van der Waals surface area contributed by atoms with Crippen LogP contribution >= 0.6 is 0 Å². The van der Waals surface area contributed by atoms with Crippen LogP contribution in [0.3, 0.4) is 0 Å². The van der Waals surface area contributed by atoms with Crippen LogP contribution in [0.5, 0.6) is 0 Å². The van der Waals surface area contributed by atoms with Crippen LogP contribution in [-0.4, -0.2) is 61.2 Å². The number of piperazine rings is 1. The molecule has 4 rings (SSSR count). The second kappa shape index (κ2) is 10.8. The van der Waals surface area contributed by atoms with Gasteiger partial charge in [-0.15, -0.1) is 0 Å². The van der Waals surface area contributed by atoms with Gasteiger partial charge in [-0.3, -0.25) is 9.69 Å². The van der Waals surface area contributed by atoms with Crippen molar-refractivity contribution in [2.45, 2.75) is 18.8 Å². The van der Waals surface area contributed by atoms with Gasteiger partial charge in [0.1, 0.15) is 5.76 Å². The predicted octanol–water partition coefficient (Wildman–Crippen LogP) is 2.96. The van der Waals surface area contributed by atoms with Crippen LogP contribution in [0.25, 0.3) is 0 Å². The highest BCUT2D eigenvalue weighted by Gasteiger charge is 2.28. The lowest BCUT2D eigenvalue weighted by atomic mass is 10.2. The average molecular weight is 468 g/mol. The first-order valence-electron chi connectivity index (χ1n) is 11.1. The van der Waals surface area contributed by atoms with Gasteiger partial charge in [-0.05, 0) is 23.3 Å². The molecule has 1 aliphatic heterocycles. The number of hydrogen-bond donors (Lipinski definition) is 0. The largest absolute Gasteiger partial charge is 0.467 e. The van der Waals surface area contributed by atoms with E-state index >= 15 is 0 Å². The molecule has 33 heavy (non-hydrogen) atoms. The van der Waals surface area contributed by atoms with Gasteiger partial charge in [0.2, 0.25) is 15.9 Å². The van der Waals surface area contributed by atoms with Crippen molar-refractivity contribution in [1.82, 2.24) is 14.1 Å². The van der Waals surface area contributed by atoms with Gasteiger partial charge in [0.15, 0.2) is 0 Å². The summed E-state index contributed by atoms with van der Waals surface area (Å²) in [5, 5.41) is 0. The Morgan fingerprint density at radius 2 is 1.45 bits per heavy atom. The maximum absolute atomic E-state index is 13.2. The molecule has 2 heterocycles. The first kappa shape index (κ1) is 23.2. The van der Waals surface area contributed by atoms with Crippen LogP contribution in [0.1, 0.15) is 16.9 Å². The molecule has 0 spiro atoms. The van der Waals surface area contributed by atoms with E-state index in [4.69, 9.17) is 4.42 Å². The summed E-state index contributed by atoms with van der Waals surface area (Å²) in [6.07, 6.45) is 1.61. The van der Waals surface area contributed by atoms with Crippen molar-refractivity contribution in [3.63, 3.8) is 0 Å². The van der Waals surface area contributed by atoms with Crippen LogP contribution in [0.15, 0.2) is 83.5 Å². The van der Waals surface area contributed by atoms with E-state index in [-0.39, 0.29) is 18.2 Å². The van der Waals surface area contributed by atoms with Crippen LogP contribution < -0.4 is 0 Å². The Morgan fingerprint density at radius 1 is 0.818 bits per heavy atom. The van der Waals surface area contributed by atoms with E-state index in [2.05, 4.69) is 0 Å². The van der Waals surface area contributed by atoms with Crippen molar-refractivity contribution in [1.29, 1.82) is 0 Å². The average Bonchev–Trinajstić information content (AvgIpc) is 3.33. The third-order valence-electron chi connectivity index (χ3n) is 5.77. The molecule has 0 bridgehead atoms. The Kier molecular flexibility index (Phi) is 7.59. The Bertz CT molecular complexity index is 1110. The maximum atomic E-state index is 13.2. The number of carbonyl (C=O) groups is 1. The summed E-state index contributed by atoms with van der Waals surface area (Å²) < 4.78 is 32.6. The Hall–Kier alpha value is -2.94. The van der Waals surface area contributed by atoms with Crippen molar-refractivity contribution in [3.05, 3.63) is 95.9 Å². The summed E-state index contributed by atoms with van der Waals surface area (Å²) in [6, 6.07) is 22.8. The van der Waals surface area contributed by atoms with Crippen LogP contribution in [0.4, 0.5) is 0 Å². The smallest absolute Gasteiger partial charge is 0.237 e. The van der Waals surface area contributed by atoms with E-state index in [1.165, 1.54) is 4.31 Å². The number of nitrogens with zero attached hydrogens (tertiary/aromatic N) is 3. The minimum absolute atomic E-state index is 0.000765. The molecule has 0 unspecified atom stereocenters. The molecule has 174 valence electrons. The fraction of sp³-hybridized carbons (Fsp3) is 0.320. The first-order valence-corrected chi connectivity index (χ1v) is 12.7. The molecule has 1 fully saturated rings. The zero-order chi connectivity index (χ0) is 23.1. The number of sulfonamides is 1. The molecule has 1 aromatic heterocycles. The number of amides is 1. The van der Waals surface area contributed by atoms with Gasteiger partial charge in [0, 0.05) is 32.7 Å². The monoisotopic (exact) mass is 467 g/mol. The molecule has 3 aromatic rings. The van der Waals surface area contributed by atoms with Crippen molar-refractivity contribution in [3.8, 4) is 0 Å². The summed E-state index contributed by atoms with van der Waals surface area (Å²) in [5.74, 6) is 0.729. The fourth-order valence-electron chi connectivity index (χ4n) is 3.96. The molecular formula is C25H29N3O4S. The highest BCUT2D eigenvalue weighted by atomic mass is 32.2. The van der Waals surface area contributed by atoms with Gasteiger partial charge in [0.05, 0.1) is 25.1 Å². The van der Waals surface area contributed by atoms with Crippen LogP contribution in [0, 0.1) is 0 Å². The molecule has 8 heteroatoms. The SMILES string of the molecule is O=C(CN1CCN(S(=O)(=O)Cc2ccccc2)CC1)N(Cc1ccccc1)Cc1ccco1. The molecule has 1 saturated heterocycles. The number of furan rings is 1. The van der Waals surface area contributed by atoms with Crippen molar-refractivity contribution in [2.24, 2.45) is 0 Å². The van der Waals surface area contributed by atoms with Gasteiger partial charge >= 0.3 is 0 Å². The molecule has 0 atom stereocenters. The third-order valence-corrected chi connectivity index (χ3v) is 7.62. The van der Waals surface area contributed by atoms with Crippen LogP contribution in [0.2, 0.25) is 0 Å². The Labute approximate surface area is 195 Å². The van der Waals surface area contributed by atoms with Crippen molar-refractivity contribution < 1.29 is 17.6 Å². The topological polar surface area (TPSA) is 74.1 Å². The highest BCUT2D eigenvalue weighted by molar-refractivity contribution is 7.88. The molecule has 0 aliphatic carbocycles. The standard InChI is InChI=1S/C25H29N3O4S/c29-25(27(19-24-12-7-17-32-24)18-22-8-3-1-4-9-22)20-26-13-15-28(16-14-26)33(30,31)21-23-10-5-2-6-11-23/h1-12,17H,13-16,18-21H2. The van der Waals surface area contributed by atoms with Crippen LogP contribution in [-0.2, 0) is 33.7 Å². The first-order chi connectivity index (χ1) is 16.0. The van der Waals surface area contributed by atoms with E-state index in [9.17, 15) is 13.2 Å². The molecular weight excluding hydrogens is 438 g/mol. The molecule has 0 saturated carbocycles. The second-order valence-electron chi connectivity index (χ2n) is 8.23. The number of hydrogen-bond acceptors (Lipinski definition) is 5. The van der Waals surface area contributed by atoms with E-state index in [1.54, 1.807) is 11.2 Å². The lowest BCUT2D eigenvalue weighted by Gasteiger charge is -2.34. The molecule has 7 nitrogen and oxygen atoms in total. The van der Waals surface area contributed by atoms with E-state index in [0.717, 1.165) is 16.9 Å². The summed E-state index contributed by atoms with van der Waals surface area (Å²) in [6.45, 7) is 2.97. The van der Waals surface area contributed by atoms with E-state index in [0.29, 0.717) is 39.3 Å².